The van der Waals surface area contributed by atoms with Gasteiger partial charge in [0, 0.05) is 76.7 Å². The van der Waals surface area contributed by atoms with Crippen molar-refractivity contribution in [1.82, 2.24) is 20.9 Å². The summed E-state index contributed by atoms with van der Waals surface area (Å²) >= 11 is 12.9. The van der Waals surface area contributed by atoms with Crippen molar-refractivity contribution in [3.05, 3.63) is 122 Å². The molecular formula is C53H55Cl2FN6O6. The molecule has 0 radical (unpaired) electrons. The topological polar surface area (TPSA) is 158 Å². The van der Waals surface area contributed by atoms with Crippen LogP contribution in [0.1, 0.15) is 121 Å². The lowest BCUT2D eigenvalue weighted by Gasteiger charge is -2.39. The summed E-state index contributed by atoms with van der Waals surface area (Å²) in [5.41, 5.74) is 3.88. The Morgan fingerprint density at radius 3 is 2.56 bits per heavy atom. The maximum atomic E-state index is 16.3. The Labute approximate surface area is 405 Å². The van der Waals surface area contributed by atoms with Crippen molar-refractivity contribution in [2.75, 3.05) is 24.3 Å². The first-order valence-corrected chi connectivity index (χ1v) is 24.1. The zero-order valence-corrected chi connectivity index (χ0v) is 40.0. The fraction of sp³-hybridized carbons (Fsp3) is 0.415. The summed E-state index contributed by atoms with van der Waals surface area (Å²) in [6, 6.07) is 18.9. The van der Waals surface area contributed by atoms with Crippen LogP contribution in [0.4, 0.5) is 15.8 Å². The maximum absolute atomic E-state index is 16.3. The third kappa shape index (κ3) is 8.94. The van der Waals surface area contributed by atoms with Crippen LogP contribution in [-0.4, -0.2) is 72.3 Å². The molecule has 12 nitrogen and oxygen atoms in total. The Morgan fingerprint density at radius 1 is 0.985 bits per heavy atom. The number of imide groups is 1. The normalized spacial score (nSPS) is 25.2. The second-order valence-electron chi connectivity index (χ2n) is 19.9. The number of nitrogens with one attached hydrogen (secondary N) is 5. The van der Waals surface area contributed by atoms with Crippen LogP contribution in [0.2, 0.25) is 10.0 Å². The second-order valence-corrected chi connectivity index (χ2v) is 20.8. The van der Waals surface area contributed by atoms with E-state index in [2.05, 4.69) is 59.2 Å². The van der Waals surface area contributed by atoms with Crippen LogP contribution < -0.4 is 31.3 Å². The molecule has 2 saturated heterocycles. The van der Waals surface area contributed by atoms with Gasteiger partial charge in [0.1, 0.15) is 17.6 Å². The molecule has 15 heteroatoms. The smallest absolute Gasteiger partial charge is 0.255 e. The van der Waals surface area contributed by atoms with E-state index in [-0.39, 0.29) is 71.3 Å². The van der Waals surface area contributed by atoms with Gasteiger partial charge in [0.05, 0.1) is 23.9 Å². The van der Waals surface area contributed by atoms with Crippen molar-refractivity contribution in [1.29, 1.82) is 0 Å². The summed E-state index contributed by atoms with van der Waals surface area (Å²) in [5.74, 6) is 4.00. The molecule has 5 amide bonds. The second kappa shape index (κ2) is 18.9. The molecule has 4 aromatic carbocycles. The number of fused-ring (bicyclic) bond motifs is 3. The van der Waals surface area contributed by atoms with E-state index in [0.29, 0.717) is 52.4 Å². The van der Waals surface area contributed by atoms with Gasteiger partial charge in [0.15, 0.2) is 0 Å². The third-order valence-electron chi connectivity index (χ3n) is 14.5. The number of anilines is 2. The molecule has 5 aliphatic rings. The van der Waals surface area contributed by atoms with E-state index >= 15 is 4.39 Å². The lowest BCUT2D eigenvalue weighted by molar-refractivity contribution is -0.137. The van der Waals surface area contributed by atoms with Gasteiger partial charge in [-0.05, 0) is 102 Å². The molecule has 354 valence electrons. The zero-order valence-electron chi connectivity index (χ0n) is 38.5. The Bertz CT molecular complexity index is 2780. The molecule has 1 unspecified atom stereocenters. The number of rotatable bonds is 9. The predicted molar refractivity (Wildman–Crippen MR) is 259 cm³/mol. The van der Waals surface area contributed by atoms with E-state index in [9.17, 15) is 24.0 Å². The predicted octanol–water partition coefficient (Wildman–Crippen LogP) is 8.49. The van der Waals surface area contributed by atoms with Crippen molar-refractivity contribution < 1.29 is 33.1 Å². The molecule has 7 atom stereocenters. The number of ether oxygens (including phenoxy) is 1. The van der Waals surface area contributed by atoms with Crippen LogP contribution in [0.5, 0.6) is 5.75 Å². The molecule has 1 saturated carbocycles. The summed E-state index contributed by atoms with van der Waals surface area (Å²) in [6.45, 7) is 7.10. The van der Waals surface area contributed by atoms with E-state index in [1.54, 1.807) is 42.5 Å². The van der Waals surface area contributed by atoms with Crippen LogP contribution in [0.15, 0.2) is 72.8 Å². The molecule has 0 bridgehead atoms. The number of benzene rings is 4. The minimum absolute atomic E-state index is 0.0308. The van der Waals surface area contributed by atoms with Gasteiger partial charge < -0.3 is 30.9 Å². The molecule has 4 aromatic rings. The van der Waals surface area contributed by atoms with Gasteiger partial charge in [-0.25, -0.2) is 4.39 Å². The van der Waals surface area contributed by atoms with Gasteiger partial charge in [-0.2, -0.15) is 0 Å². The highest BCUT2D eigenvalue weighted by atomic mass is 35.5. The molecule has 9 rings (SSSR count). The average Bonchev–Trinajstić information content (AvgIpc) is 3.95. The number of methoxy groups -OCH3 is 1. The minimum atomic E-state index is -0.907. The van der Waals surface area contributed by atoms with Crippen molar-refractivity contribution >= 4 is 64.1 Å². The summed E-state index contributed by atoms with van der Waals surface area (Å²) < 4.78 is 22.1. The van der Waals surface area contributed by atoms with Gasteiger partial charge >= 0.3 is 0 Å². The molecule has 68 heavy (non-hydrogen) atoms. The van der Waals surface area contributed by atoms with Crippen molar-refractivity contribution in [3.63, 3.8) is 0 Å². The number of halogens is 3. The molecule has 1 aliphatic carbocycles. The average molecular weight is 962 g/mol. The number of piperidine rings is 1. The summed E-state index contributed by atoms with van der Waals surface area (Å²) in [4.78, 5) is 68.0. The first-order chi connectivity index (χ1) is 32.6. The first-order valence-electron chi connectivity index (χ1n) is 23.4. The number of hydrogen-bond acceptors (Lipinski definition) is 8. The highest BCUT2D eigenvalue weighted by molar-refractivity contribution is 6.31. The molecule has 1 spiro atoms. The van der Waals surface area contributed by atoms with Gasteiger partial charge in [-0.1, -0.05) is 92.9 Å². The van der Waals surface area contributed by atoms with Crippen molar-refractivity contribution in [2.45, 2.75) is 114 Å². The Kier molecular flexibility index (Phi) is 13.1. The third-order valence-corrected chi connectivity index (χ3v) is 15.0. The summed E-state index contributed by atoms with van der Waals surface area (Å²) in [7, 11) is 1.48. The van der Waals surface area contributed by atoms with Crippen LogP contribution in [0.3, 0.4) is 0 Å². The van der Waals surface area contributed by atoms with E-state index in [0.717, 1.165) is 42.5 Å². The Balaban J connectivity index is 0.917. The zero-order chi connectivity index (χ0) is 48.1. The fourth-order valence-electron chi connectivity index (χ4n) is 11.3. The molecule has 3 fully saturated rings. The Morgan fingerprint density at radius 2 is 1.78 bits per heavy atom. The van der Waals surface area contributed by atoms with Gasteiger partial charge in [0.25, 0.3) is 11.8 Å². The van der Waals surface area contributed by atoms with Gasteiger partial charge in [0.2, 0.25) is 17.7 Å². The Hall–Kier alpha value is -5.94. The van der Waals surface area contributed by atoms with Crippen LogP contribution >= 0.6 is 23.2 Å². The number of hydrogen-bond donors (Lipinski definition) is 5. The van der Waals surface area contributed by atoms with E-state index < -0.39 is 41.0 Å². The highest BCUT2D eigenvalue weighted by Gasteiger charge is 2.61. The number of amides is 5. The standard InChI is InChI=1S/C53H55Cl2FN6O6/c1-52(2,3)26-43-53(28-57-40-25-32(54)19-20-36(40)53)45(34-15-9-16-37(55)46(34)56)47(60-43)50(66)59-39-21-18-31(24-42(39)68-4)48(64)58-38-17-6-5-10-30(38)13-7-11-29-12-8-14-33-35(29)27-62(51(33)67)41-22-23-44(63)61-49(41)65/h8-9,12,14-16,18-21,24-25,30,38,41,43,45,47,57,60H,5-6,10,13,17,22-23,26-28H2,1-4H3,(H,58,64)(H,59,66)(H,61,63,65)/t30-,38+,41?,43-,45-,47+,53-/m0/s1. The maximum Gasteiger partial charge on any atom is 0.255 e. The van der Waals surface area contributed by atoms with E-state index in [1.165, 1.54) is 18.1 Å². The lowest BCUT2D eigenvalue weighted by Crippen LogP contribution is -2.52. The van der Waals surface area contributed by atoms with Gasteiger partial charge in [-0.3, -0.25) is 29.3 Å². The first kappa shape index (κ1) is 47.1. The number of carbonyl (C=O) groups is 5. The van der Waals surface area contributed by atoms with Crippen molar-refractivity contribution in [2.24, 2.45) is 11.3 Å². The molecule has 4 heterocycles. The molecule has 0 aromatic heterocycles. The molecule has 5 N–H and O–H groups in total. The SMILES string of the molecule is COc1cc(C(=O)N[C@@H]2CCCC[C@H]2CC#Cc2cccc3c2CN(C2CCC(=O)NC2=O)C3=O)ccc1NC(=O)[C@@H]1N[C@@H](CC(C)(C)C)[C@@]2(CNc3cc(Cl)ccc32)[C@H]1c1cccc(Cl)c1F. The lowest BCUT2D eigenvalue weighted by atomic mass is 9.63. The highest BCUT2D eigenvalue weighted by Crippen LogP contribution is 2.57. The van der Waals surface area contributed by atoms with Crippen LogP contribution in [-0.2, 0) is 26.3 Å². The van der Waals surface area contributed by atoms with Crippen LogP contribution in [0.25, 0.3) is 0 Å². The van der Waals surface area contributed by atoms with Crippen LogP contribution in [0, 0.1) is 29.0 Å². The number of carbonyl (C=O) groups excluding carboxylic acids is 5. The quantitative estimate of drug-likeness (QED) is 0.0826. The minimum Gasteiger partial charge on any atom is -0.495 e. The summed E-state index contributed by atoms with van der Waals surface area (Å²) in [6.07, 6.45) is 5.28. The van der Waals surface area contributed by atoms with E-state index in [4.69, 9.17) is 27.9 Å². The number of nitrogens with zero attached hydrogens (tertiary/aromatic N) is 1. The molecular weight excluding hydrogens is 907 g/mol. The fourth-order valence-corrected chi connectivity index (χ4v) is 11.6. The molecule has 4 aliphatic heterocycles. The van der Waals surface area contributed by atoms with E-state index in [1.807, 2.05) is 24.3 Å². The van der Waals surface area contributed by atoms with Gasteiger partial charge in [-0.15, -0.1) is 0 Å². The largest absolute Gasteiger partial charge is 0.495 e. The monoisotopic (exact) mass is 960 g/mol. The summed E-state index contributed by atoms with van der Waals surface area (Å²) in [5, 5.41) is 16.4. The van der Waals surface area contributed by atoms with Crippen molar-refractivity contribution in [3.8, 4) is 17.6 Å².